The Bertz CT molecular complexity index is 1030. The first-order valence-corrected chi connectivity index (χ1v) is 10.6. The Kier molecular flexibility index (Phi) is 5.19. The number of fused-ring (bicyclic) bond motifs is 1. The molecule has 1 aromatic heterocycles. The Morgan fingerprint density at radius 3 is 2.46 bits per heavy atom. The number of carbonyl (C=O) groups is 2. The average molecular weight is 456 g/mol. The Morgan fingerprint density at radius 2 is 1.75 bits per heavy atom. The van der Waals surface area contributed by atoms with Gasteiger partial charge in [0.25, 0.3) is 5.91 Å². The number of amides is 1. The van der Waals surface area contributed by atoms with Gasteiger partial charge in [-0.3, -0.25) is 9.59 Å². The largest absolute Gasteiger partial charge is 0.375 e. The van der Waals surface area contributed by atoms with Crippen molar-refractivity contribution in [3.8, 4) is 0 Å². The number of ketones is 1. The molecule has 1 aliphatic heterocycles. The molecule has 2 aromatic carbocycles. The average Bonchev–Trinajstić information content (AvgIpc) is 3.23. The number of carbonyl (C=O) groups excluding carboxylic acids is 2. The van der Waals surface area contributed by atoms with Crippen LogP contribution in [0.25, 0.3) is 0 Å². The minimum Gasteiger partial charge on any atom is -0.375 e. The van der Waals surface area contributed by atoms with Crippen LogP contribution in [-0.4, -0.2) is 23.3 Å². The molecular formula is C22H18BrNO3S. The lowest BCUT2D eigenvalue weighted by molar-refractivity contribution is -0.135. The van der Waals surface area contributed by atoms with Gasteiger partial charge in [0.2, 0.25) is 0 Å². The number of rotatable bonds is 6. The highest BCUT2D eigenvalue weighted by atomic mass is 79.9. The molecule has 1 atom stereocenters. The van der Waals surface area contributed by atoms with E-state index >= 15 is 0 Å². The predicted octanol–water partition coefficient (Wildman–Crippen LogP) is 4.56. The predicted molar refractivity (Wildman–Crippen MR) is 114 cm³/mol. The van der Waals surface area contributed by atoms with Crippen LogP contribution in [0.1, 0.15) is 27.2 Å². The molecule has 0 radical (unpaired) electrons. The molecule has 28 heavy (non-hydrogen) atoms. The molecule has 1 amide bonds. The summed E-state index contributed by atoms with van der Waals surface area (Å²) in [6.07, 6.45) is 0.403. The van der Waals surface area contributed by atoms with Crippen molar-refractivity contribution in [1.29, 1.82) is 0 Å². The van der Waals surface area contributed by atoms with Crippen LogP contribution in [0.3, 0.4) is 0 Å². The Labute approximate surface area is 175 Å². The van der Waals surface area contributed by atoms with Crippen molar-refractivity contribution < 1.29 is 14.7 Å². The SMILES string of the molecule is O=C(CC1(O)C(=O)N(CCc2ccccc2)c2ccccc21)c1ccc(Br)s1. The summed E-state index contributed by atoms with van der Waals surface area (Å²) < 4.78 is 0.838. The number of para-hydroxylation sites is 1. The monoisotopic (exact) mass is 455 g/mol. The summed E-state index contributed by atoms with van der Waals surface area (Å²) in [6.45, 7) is 0.445. The van der Waals surface area contributed by atoms with Crippen molar-refractivity contribution >= 4 is 44.6 Å². The Morgan fingerprint density at radius 1 is 1.04 bits per heavy atom. The number of anilines is 1. The third-order valence-corrected chi connectivity index (χ3v) is 6.64. The lowest BCUT2D eigenvalue weighted by Gasteiger charge is -2.22. The van der Waals surface area contributed by atoms with E-state index < -0.39 is 11.5 Å². The van der Waals surface area contributed by atoms with Crippen molar-refractivity contribution in [3.05, 3.63) is 86.5 Å². The highest BCUT2D eigenvalue weighted by Crippen LogP contribution is 2.43. The lowest BCUT2D eigenvalue weighted by Crippen LogP contribution is -2.42. The number of hydrogen-bond donors (Lipinski definition) is 1. The van der Waals surface area contributed by atoms with Crippen LogP contribution in [0.2, 0.25) is 0 Å². The molecular weight excluding hydrogens is 438 g/mol. The topological polar surface area (TPSA) is 57.6 Å². The van der Waals surface area contributed by atoms with E-state index in [1.165, 1.54) is 11.3 Å². The van der Waals surface area contributed by atoms with Crippen LogP contribution in [0, 0.1) is 0 Å². The summed E-state index contributed by atoms with van der Waals surface area (Å²) in [7, 11) is 0. The molecule has 1 aliphatic rings. The molecule has 6 heteroatoms. The number of thiophene rings is 1. The quantitative estimate of drug-likeness (QED) is 0.554. The van der Waals surface area contributed by atoms with E-state index in [1.54, 1.807) is 29.2 Å². The molecule has 1 unspecified atom stereocenters. The molecule has 2 heterocycles. The fourth-order valence-corrected chi connectivity index (χ4v) is 4.89. The zero-order valence-corrected chi connectivity index (χ0v) is 17.4. The summed E-state index contributed by atoms with van der Waals surface area (Å²) in [5.41, 5.74) is 0.451. The van der Waals surface area contributed by atoms with Gasteiger partial charge in [-0.25, -0.2) is 0 Å². The zero-order valence-electron chi connectivity index (χ0n) is 15.0. The van der Waals surface area contributed by atoms with Crippen molar-refractivity contribution in [3.63, 3.8) is 0 Å². The van der Waals surface area contributed by atoms with Crippen molar-refractivity contribution in [2.75, 3.05) is 11.4 Å². The number of benzene rings is 2. The molecule has 3 aromatic rings. The number of hydrogen-bond acceptors (Lipinski definition) is 4. The van der Waals surface area contributed by atoms with Gasteiger partial charge in [0.1, 0.15) is 0 Å². The second kappa shape index (κ2) is 7.62. The minimum absolute atomic E-state index is 0.244. The van der Waals surface area contributed by atoms with Gasteiger partial charge in [0.15, 0.2) is 11.4 Å². The van der Waals surface area contributed by atoms with Crippen LogP contribution in [0.5, 0.6) is 0 Å². The highest BCUT2D eigenvalue weighted by Gasteiger charge is 2.50. The van der Waals surface area contributed by atoms with E-state index in [4.69, 9.17) is 0 Å². The molecule has 4 rings (SSSR count). The Balaban J connectivity index is 1.61. The van der Waals surface area contributed by atoms with E-state index in [2.05, 4.69) is 15.9 Å². The molecule has 0 fully saturated rings. The lowest BCUT2D eigenvalue weighted by atomic mass is 9.89. The molecule has 0 saturated carbocycles. The second-order valence-electron chi connectivity index (χ2n) is 6.77. The van der Waals surface area contributed by atoms with Crippen LogP contribution < -0.4 is 4.90 Å². The maximum Gasteiger partial charge on any atom is 0.264 e. The van der Waals surface area contributed by atoms with Crippen LogP contribution >= 0.6 is 27.3 Å². The van der Waals surface area contributed by atoms with Gasteiger partial charge in [-0.1, -0.05) is 48.5 Å². The minimum atomic E-state index is -1.83. The van der Waals surface area contributed by atoms with Crippen molar-refractivity contribution in [1.82, 2.24) is 0 Å². The molecule has 142 valence electrons. The third kappa shape index (κ3) is 3.43. The van der Waals surface area contributed by atoms with Gasteiger partial charge < -0.3 is 10.0 Å². The highest BCUT2D eigenvalue weighted by molar-refractivity contribution is 9.11. The second-order valence-corrected chi connectivity index (χ2v) is 9.24. The van der Waals surface area contributed by atoms with Gasteiger partial charge in [0, 0.05) is 12.1 Å². The van der Waals surface area contributed by atoms with Crippen molar-refractivity contribution in [2.45, 2.75) is 18.4 Å². The summed E-state index contributed by atoms with van der Waals surface area (Å²) in [4.78, 5) is 28.0. The molecule has 4 nitrogen and oxygen atoms in total. The first kappa shape index (κ1) is 19.1. The molecule has 1 N–H and O–H groups in total. The van der Waals surface area contributed by atoms with Crippen LogP contribution in [-0.2, 0) is 16.8 Å². The summed E-state index contributed by atoms with van der Waals surface area (Å²) >= 11 is 4.65. The van der Waals surface area contributed by atoms with E-state index in [0.717, 1.165) is 9.35 Å². The van der Waals surface area contributed by atoms with Crippen LogP contribution in [0.15, 0.2) is 70.5 Å². The van der Waals surface area contributed by atoms with Gasteiger partial charge in [0.05, 0.1) is 20.8 Å². The standard InChI is InChI=1S/C22H18BrNO3S/c23-20-11-10-19(28-20)18(25)14-22(27)16-8-4-5-9-17(16)24(21(22)26)13-12-15-6-2-1-3-7-15/h1-11,27H,12-14H2. The summed E-state index contributed by atoms with van der Waals surface area (Å²) in [6, 6.07) is 20.6. The van der Waals surface area contributed by atoms with Gasteiger partial charge in [-0.05, 0) is 46.1 Å². The van der Waals surface area contributed by atoms with E-state index in [1.807, 2.05) is 42.5 Å². The zero-order chi connectivity index (χ0) is 19.7. The number of aliphatic hydroxyl groups is 1. The van der Waals surface area contributed by atoms with Gasteiger partial charge in [-0.15, -0.1) is 11.3 Å². The number of Topliss-reactive ketones (excluding diaryl/α,β-unsaturated/α-hetero) is 1. The fraction of sp³-hybridized carbons (Fsp3) is 0.182. The first-order chi connectivity index (χ1) is 13.5. The summed E-state index contributed by atoms with van der Waals surface area (Å²) in [5, 5.41) is 11.3. The van der Waals surface area contributed by atoms with Gasteiger partial charge in [-0.2, -0.15) is 0 Å². The van der Waals surface area contributed by atoms with E-state index in [-0.39, 0.29) is 12.2 Å². The molecule has 0 bridgehead atoms. The first-order valence-electron chi connectivity index (χ1n) is 8.95. The molecule has 0 saturated heterocycles. The maximum absolute atomic E-state index is 13.2. The fourth-order valence-electron chi connectivity index (χ4n) is 3.57. The summed E-state index contributed by atoms with van der Waals surface area (Å²) in [5.74, 6) is -0.681. The third-order valence-electron chi connectivity index (χ3n) is 4.97. The Hall–Kier alpha value is -2.28. The van der Waals surface area contributed by atoms with Crippen molar-refractivity contribution in [2.24, 2.45) is 0 Å². The van der Waals surface area contributed by atoms with Crippen LogP contribution in [0.4, 0.5) is 5.69 Å². The smallest absolute Gasteiger partial charge is 0.264 e. The van der Waals surface area contributed by atoms with E-state index in [0.29, 0.717) is 29.1 Å². The van der Waals surface area contributed by atoms with E-state index in [9.17, 15) is 14.7 Å². The normalized spacial score (nSPS) is 18.4. The molecule has 0 aliphatic carbocycles. The number of nitrogens with zero attached hydrogens (tertiary/aromatic N) is 1. The van der Waals surface area contributed by atoms with Gasteiger partial charge >= 0.3 is 0 Å². The molecule has 0 spiro atoms. The number of halogens is 1. The maximum atomic E-state index is 13.2.